The molecule has 2 heteroatoms. The smallest absolute Gasteiger partial charge is 0.115 e. The molecule has 0 bridgehead atoms. The van der Waals surface area contributed by atoms with E-state index in [1.807, 2.05) is 20.8 Å². The normalized spacial score (nSPS) is 18.6. The Labute approximate surface area is 62.8 Å². The monoisotopic (exact) mass is 147 g/mol. The molecule has 0 aliphatic carbocycles. The van der Waals surface area contributed by atoms with Crippen molar-refractivity contribution in [1.82, 2.24) is 0 Å². The maximum atomic E-state index is 12.9. The van der Waals surface area contributed by atoms with Gasteiger partial charge in [0.1, 0.15) is 6.17 Å². The first-order chi connectivity index (χ1) is 4.33. The van der Waals surface area contributed by atoms with Crippen molar-refractivity contribution in [2.75, 3.05) is 0 Å². The van der Waals surface area contributed by atoms with Crippen LogP contribution >= 0.6 is 0 Å². The van der Waals surface area contributed by atoms with E-state index < -0.39 is 6.17 Å². The summed E-state index contributed by atoms with van der Waals surface area (Å²) in [4.78, 5) is 0. The summed E-state index contributed by atoms with van der Waals surface area (Å²) in [5.74, 6) is 0. The van der Waals surface area contributed by atoms with Gasteiger partial charge in [0.15, 0.2) is 0 Å². The average molecular weight is 147 g/mol. The van der Waals surface area contributed by atoms with E-state index in [1.54, 1.807) is 6.92 Å². The first kappa shape index (κ1) is 9.89. The van der Waals surface area contributed by atoms with Crippen LogP contribution in [-0.2, 0) is 0 Å². The van der Waals surface area contributed by atoms with Gasteiger partial charge in [-0.05, 0) is 18.8 Å². The van der Waals surface area contributed by atoms with Crippen LogP contribution in [0.4, 0.5) is 4.39 Å². The van der Waals surface area contributed by atoms with Crippen LogP contribution in [0, 0.1) is 5.41 Å². The van der Waals surface area contributed by atoms with E-state index >= 15 is 0 Å². The Morgan fingerprint density at radius 1 is 1.40 bits per heavy atom. The van der Waals surface area contributed by atoms with E-state index in [9.17, 15) is 4.39 Å². The second kappa shape index (κ2) is 3.33. The van der Waals surface area contributed by atoms with Crippen LogP contribution in [-0.4, -0.2) is 12.2 Å². The molecule has 0 heterocycles. The van der Waals surface area contributed by atoms with Crippen molar-refractivity contribution < 1.29 is 4.39 Å². The van der Waals surface area contributed by atoms with Crippen molar-refractivity contribution in [2.45, 2.75) is 46.3 Å². The summed E-state index contributed by atoms with van der Waals surface area (Å²) < 4.78 is 12.9. The predicted octanol–water partition coefficient (Wildman–Crippen LogP) is 2.11. The van der Waals surface area contributed by atoms with Crippen LogP contribution in [0.3, 0.4) is 0 Å². The van der Waals surface area contributed by atoms with E-state index in [0.717, 1.165) is 0 Å². The highest BCUT2D eigenvalue weighted by Crippen LogP contribution is 2.23. The lowest BCUT2D eigenvalue weighted by Crippen LogP contribution is -2.31. The zero-order chi connectivity index (χ0) is 8.36. The van der Waals surface area contributed by atoms with Gasteiger partial charge in [0, 0.05) is 6.04 Å². The highest BCUT2D eigenvalue weighted by molar-refractivity contribution is 4.74. The minimum absolute atomic E-state index is 0.0487. The highest BCUT2D eigenvalue weighted by atomic mass is 19.1. The second-order valence-electron chi connectivity index (χ2n) is 4.14. The molecule has 0 spiro atoms. The van der Waals surface area contributed by atoms with Crippen molar-refractivity contribution in [2.24, 2.45) is 11.1 Å². The Bertz CT molecular complexity index is 93.9. The summed E-state index contributed by atoms with van der Waals surface area (Å²) in [5, 5.41) is 0. The quantitative estimate of drug-likeness (QED) is 0.636. The second-order valence-corrected chi connectivity index (χ2v) is 4.14. The minimum Gasteiger partial charge on any atom is -0.325 e. The van der Waals surface area contributed by atoms with Crippen LogP contribution in [0.5, 0.6) is 0 Å². The van der Waals surface area contributed by atoms with Gasteiger partial charge in [-0.1, -0.05) is 20.8 Å². The van der Waals surface area contributed by atoms with Crippen LogP contribution in [0.15, 0.2) is 0 Å². The molecule has 0 aromatic rings. The average Bonchev–Trinajstić information content (AvgIpc) is 1.60. The van der Waals surface area contributed by atoms with Crippen LogP contribution in [0.25, 0.3) is 0 Å². The maximum Gasteiger partial charge on any atom is 0.115 e. The number of hydrogen-bond acceptors (Lipinski definition) is 1. The summed E-state index contributed by atoms with van der Waals surface area (Å²) in [7, 11) is 0. The number of nitrogens with two attached hydrogens (primary N) is 1. The predicted molar refractivity (Wildman–Crippen MR) is 42.6 cm³/mol. The molecule has 2 unspecified atom stereocenters. The Kier molecular flexibility index (Phi) is 3.29. The maximum absolute atomic E-state index is 12.9. The van der Waals surface area contributed by atoms with Gasteiger partial charge in [0.25, 0.3) is 0 Å². The standard InChI is InChI=1S/C8H18FN/c1-6(10)7(9)5-8(2,3)4/h6-7H,5,10H2,1-4H3. The SMILES string of the molecule is CC(N)C(F)CC(C)(C)C. The molecular formula is C8H18FN. The Morgan fingerprint density at radius 3 is 1.90 bits per heavy atom. The minimum atomic E-state index is -0.861. The molecule has 0 aromatic heterocycles. The number of halogens is 1. The zero-order valence-corrected chi connectivity index (χ0v) is 7.32. The van der Waals surface area contributed by atoms with Crippen molar-refractivity contribution in [1.29, 1.82) is 0 Å². The molecule has 0 saturated carbocycles. The van der Waals surface area contributed by atoms with Gasteiger partial charge in [-0.15, -0.1) is 0 Å². The summed E-state index contributed by atoms with van der Waals surface area (Å²) in [5.41, 5.74) is 5.42. The van der Waals surface area contributed by atoms with E-state index in [0.29, 0.717) is 6.42 Å². The Hall–Kier alpha value is -0.110. The third kappa shape index (κ3) is 4.74. The molecule has 0 aromatic carbocycles. The Morgan fingerprint density at radius 2 is 1.80 bits per heavy atom. The molecule has 0 aliphatic rings. The topological polar surface area (TPSA) is 26.0 Å². The van der Waals surface area contributed by atoms with Crippen LogP contribution in [0.2, 0.25) is 0 Å². The van der Waals surface area contributed by atoms with E-state index in [-0.39, 0.29) is 11.5 Å². The van der Waals surface area contributed by atoms with Gasteiger partial charge < -0.3 is 5.73 Å². The van der Waals surface area contributed by atoms with Gasteiger partial charge in [-0.3, -0.25) is 0 Å². The van der Waals surface area contributed by atoms with Gasteiger partial charge in [0.05, 0.1) is 0 Å². The largest absolute Gasteiger partial charge is 0.325 e. The van der Waals surface area contributed by atoms with Gasteiger partial charge in [-0.2, -0.15) is 0 Å². The number of alkyl halides is 1. The van der Waals surface area contributed by atoms with Gasteiger partial charge in [0.2, 0.25) is 0 Å². The molecule has 0 rings (SSSR count). The molecule has 10 heavy (non-hydrogen) atoms. The van der Waals surface area contributed by atoms with Crippen molar-refractivity contribution >= 4 is 0 Å². The number of rotatable bonds is 2. The fourth-order valence-electron chi connectivity index (χ4n) is 0.771. The van der Waals surface area contributed by atoms with E-state index in [4.69, 9.17) is 5.73 Å². The molecule has 62 valence electrons. The lowest BCUT2D eigenvalue weighted by atomic mass is 9.88. The highest BCUT2D eigenvalue weighted by Gasteiger charge is 2.20. The zero-order valence-electron chi connectivity index (χ0n) is 7.32. The molecule has 0 amide bonds. The van der Waals surface area contributed by atoms with Crippen LogP contribution < -0.4 is 5.73 Å². The lowest BCUT2D eigenvalue weighted by Gasteiger charge is -2.22. The van der Waals surface area contributed by atoms with E-state index in [1.165, 1.54) is 0 Å². The first-order valence-electron chi connectivity index (χ1n) is 3.72. The summed E-state index contributed by atoms with van der Waals surface area (Å²) in [6.07, 6.45) is -0.315. The van der Waals surface area contributed by atoms with Gasteiger partial charge in [-0.25, -0.2) is 4.39 Å². The summed E-state index contributed by atoms with van der Waals surface area (Å²) >= 11 is 0. The number of hydrogen-bond donors (Lipinski definition) is 1. The lowest BCUT2D eigenvalue weighted by molar-refractivity contribution is 0.200. The summed E-state index contributed by atoms with van der Waals surface area (Å²) in [6, 6.07) is -0.334. The first-order valence-corrected chi connectivity index (χ1v) is 3.72. The van der Waals surface area contributed by atoms with Crippen molar-refractivity contribution in [3.63, 3.8) is 0 Å². The molecule has 0 aliphatic heterocycles. The molecule has 2 N–H and O–H groups in total. The Balaban J connectivity index is 3.68. The molecule has 0 fully saturated rings. The molecule has 0 saturated heterocycles. The summed E-state index contributed by atoms with van der Waals surface area (Å²) in [6.45, 7) is 7.75. The third-order valence-corrected chi connectivity index (χ3v) is 1.38. The fourth-order valence-corrected chi connectivity index (χ4v) is 0.771. The third-order valence-electron chi connectivity index (χ3n) is 1.38. The van der Waals surface area contributed by atoms with Crippen molar-refractivity contribution in [3.8, 4) is 0 Å². The fraction of sp³-hybridized carbons (Fsp3) is 1.00. The molecular weight excluding hydrogens is 129 g/mol. The molecule has 0 radical (unpaired) electrons. The molecule has 2 atom stereocenters. The van der Waals surface area contributed by atoms with Crippen molar-refractivity contribution in [3.05, 3.63) is 0 Å². The van der Waals surface area contributed by atoms with Crippen LogP contribution in [0.1, 0.15) is 34.1 Å². The molecule has 1 nitrogen and oxygen atoms in total. The van der Waals surface area contributed by atoms with E-state index in [2.05, 4.69) is 0 Å². The van der Waals surface area contributed by atoms with Gasteiger partial charge >= 0.3 is 0 Å².